The first-order chi connectivity index (χ1) is 10.4. The maximum absolute atomic E-state index is 12.2. The highest BCUT2D eigenvalue weighted by Gasteiger charge is 2.10. The summed E-state index contributed by atoms with van der Waals surface area (Å²) < 4.78 is 0. The van der Waals surface area contributed by atoms with Crippen molar-refractivity contribution in [3.05, 3.63) is 45.2 Å². The number of H-pyrrole nitrogens is 1. The molecule has 2 aromatic rings. The second-order valence-electron chi connectivity index (χ2n) is 5.97. The fourth-order valence-corrected chi connectivity index (χ4v) is 2.45. The molecule has 0 aliphatic carbocycles. The van der Waals surface area contributed by atoms with Crippen LogP contribution in [0.1, 0.15) is 43.4 Å². The molecule has 0 aliphatic heterocycles. The van der Waals surface area contributed by atoms with Gasteiger partial charge in [-0.1, -0.05) is 19.1 Å². The van der Waals surface area contributed by atoms with E-state index >= 15 is 0 Å². The van der Waals surface area contributed by atoms with Gasteiger partial charge in [0.15, 0.2) is 0 Å². The van der Waals surface area contributed by atoms with E-state index in [0.29, 0.717) is 18.4 Å². The first-order valence-electron chi connectivity index (χ1n) is 7.83. The summed E-state index contributed by atoms with van der Waals surface area (Å²) in [7, 11) is 0. The van der Waals surface area contributed by atoms with Crippen LogP contribution in [0.15, 0.2) is 23.0 Å². The zero-order valence-corrected chi connectivity index (χ0v) is 13.7. The molecule has 118 valence electrons. The van der Waals surface area contributed by atoms with Gasteiger partial charge in [0.25, 0.3) is 5.56 Å². The predicted molar refractivity (Wildman–Crippen MR) is 90.3 cm³/mol. The SMILES string of the molecule is CCC(C)NC(=O)CCc1cc2ccc(C)c(C)c2[nH]c1=O. The summed E-state index contributed by atoms with van der Waals surface area (Å²) in [6, 6.07) is 6.14. The number of benzene rings is 1. The van der Waals surface area contributed by atoms with E-state index in [1.165, 1.54) is 0 Å². The summed E-state index contributed by atoms with van der Waals surface area (Å²) >= 11 is 0. The van der Waals surface area contributed by atoms with Crippen molar-refractivity contribution >= 4 is 16.8 Å². The highest BCUT2D eigenvalue weighted by Crippen LogP contribution is 2.19. The predicted octanol–water partition coefficient (Wildman–Crippen LogP) is 2.99. The number of aryl methyl sites for hydroxylation is 3. The fourth-order valence-electron chi connectivity index (χ4n) is 2.45. The lowest BCUT2D eigenvalue weighted by atomic mass is 10.0. The van der Waals surface area contributed by atoms with Crippen molar-refractivity contribution in [3.63, 3.8) is 0 Å². The molecule has 4 heteroatoms. The Hall–Kier alpha value is -2.10. The molecule has 1 aromatic carbocycles. The van der Waals surface area contributed by atoms with Crippen LogP contribution in [0.2, 0.25) is 0 Å². The molecule has 1 aromatic heterocycles. The van der Waals surface area contributed by atoms with Crippen LogP contribution in [-0.2, 0) is 11.2 Å². The van der Waals surface area contributed by atoms with Crippen LogP contribution in [-0.4, -0.2) is 16.9 Å². The highest BCUT2D eigenvalue weighted by molar-refractivity contribution is 5.83. The Morgan fingerprint density at radius 2 is 2.05 bits per heavy atom. The smallest absolute Gasteiger partial charge is 0.251 e. The van der Waals surface area contributed by atoms with Crippen LogP contribution < -0.4 is 10.9 Å². The number of fused-ring (bicyclic) bond motifs is 1. The first kappa shape index (κ1) is 16.3. The molecule has 1 heterocycles. The maximum Gasteiger partial charge on any atom is 0.251 e. The summed E-state index contributed by atoms with van der Waals surface area (Å²) in [4.78, 5) is 27.0. The second-order valence-corrected chi connectivity index (χ2v) is 5.97. The third kappa shape index (κ3) is 3.56. The molecule has 22 heavy (non-hydrogen) atoms. The quantitative estimate of drug-likeness (QED) is 0.891. The summed E-state index contributed by atoms with van der Waals surface area (Å²) in [5, 5.41) is 3.94. The Labute approximate surface area is 130 Å². The topological polar surface area (TPSA) is 62.0 Å². The minimum atomic E-state index is -0.0995. The largest absolute Gasteiger partial charge is 0.354 e. The van der Waals surface area contributed by atoms with E-state index in [1.807, 2.05) is 39.8 Å². The molecule has 1 unspecified atom stereocenters. The lowest BCUT2D eigenvalue weighted by Gasteiger charge is -2.11. The lowest BCUT2D eigenvalue weighted by Crippen LogP contribution is -2.32. The number of hydrogen-bond donors (Lipinski definition) is 2. The van der Waals surface area contributed by atoms with Gasteiger partial charge < -0.3 is 10.3 Å². The molecule has 1 atom stereocenters. The van der Waals surface area contributed by atoms with E-state index in [1.54, 1.807) is 0 Å². The van der Waals surface area contributed by atoms with Gasteiger partial charge >= 0.3 is 0 Å². The number of carbonyl (C=O) groups is 1. The van der Waals surface area contributed by atoms with Crippen LogP contribution in [0.3, 0.4) is 0 Å². The average Bonchev–Trinajstić information content (AvgIpc) is 2.49. The monoisotopic (exact) mass is 300 g/mol. The van der Waals surface area contributed by atoms with Crippen molar-refractivity contribution in [2.45, 2.75) is 53.0 Å². The highest BCUT2D eigenvalue weighted by atomic mass is 16.1. The molecular weight excluding hydrogens is 276 g/mol. The van der Waals surface area contributed by atoms with Gasteiger partial charge in [-0.15, -0.1) is 0 Å². The number of hydrogen-bond acceptors (Lipinski definition) is 2. The zero-order chi connectivity index (χ0) is 16.3. The molecule has 0 fully saturated rings. The second kappa shape index (κ2) is 6.77. The summed E-state index contributed by atoms with van der Waals surface area (Å²) in [6.45, 7) is 8.04. The van der Waals surface area contributed by atoms with Crippen LogP contribution in [0, 0.1) is 13.8 Å². The number of nitrogens with one attached hydrogen (secondary N) is 2. The fraction of sp³-hybridized carbons (Fsp3) is 0.444. The van der Waals surface area contributed by atoms with Crippen molar-refractivity contribution < 1.29 is 4.79 Å². The molecule has 0 radical (unpaired) electrons. The van der Waals surface area contributed by atoms with Crippen molar-refractivity contribution in [1.29, 1.82) is 0 Å². The number of aromatic nitrogens is 1. The third-order valence-electron chi connectivity index (χ3n) is 4.27. The molecule has 1 amide bonds. The Bertz CT molecular complexity index is 747. The molecule has 2 N–H and O–H groups in total. The Kier molecular flexibility index (Phi) is 5.01. The average molecular weight is 300 g/mol. The Morgan fingerprint density at radius 1 is 1.32 bits per heavy atom. The van der Waals surface area contributed by atoms with Gasteiger partial charge in [0, 0.05) is 18.0 Å². The normalized spacial score (nSPS) is 12.4. The maximum atomic E-state index is 12.2. The standard InChI is InChI=1S/C18H24N2O2/c1-5-12(3)19-16(21)9-8-15-10-14-7-6-11(2)13(4)17(14)20-18(15)22/h6-7,10,12H,5,8-9H2,1-4H3,(H,19,21)(H,20,22). The summed E-state index contributed by atoms with van der Waals surface area (Å²) in [5.41, 5.74) is 3.70. The molecule has 4 nitrogen and oxygen atoms in total. The number of rotatable bonds is 5. The van der Waals surface area contributed by atoms with Gasteiger partial charge in [-0.05, 0) is 56.2 Å². The van der Waals surface area contributed by atoms with Crippen LogP contribution >= 0.6 is 0 Å². The third-order valence-corrected chi connectivity index (χ3v) is 4.27. The number of aromatic amines is 1. The van der Waals surface area contributed by atoms with Crippen LogP contribution in [0.4, 0.5) is 0 Å². The molecule has 0 aliphatic rings. The summed E-state index contributed by atoms with van der Waals surface area (Å²) in [6.07, 6.45) is 1.70. The van der Waals surface area contributed by atoms with Crippen LogP contribution in [0.25, 0.3) is 10.9 Å². The van der Waals surface area contributed by atoms with E-state index in [9.17, 15) is 9.59 Å². The van der Waals surface area contributed by atoms with Gasteiger partial charge in [0.2, 0.25) is 5.91 Å². The molecule has 0 saturated heterocycles. The van der Waals surface area contributed by atoms with E-state index in [2.05, 4.69) is 16.4 Å². The molecule has 2 rings (SSSR count). The number of pyridine rings is 1. The van der Waals surface area contributed by atoms with E-state index in [0.717, 1.165) is 28.5 Å². The number of amides is 1. The van der Waals surface area contributed by atoms with Crippen molar-refractivity contribution in [1.82, 2.24) is 10.3 Å². The van der Waals surface area contributed by atoms with Gasteiger partial charge in [-0.2, -0.15) is 0 Å². The molecule has 0 saturated carbocycles. The molecule has 0 bridgehead atoms. The molecule has 0 spiro atoms. The van der Waals surface area contributed by atoms with E-state index in [4.69, 9.17) is 0 Å². The molecular formula is C18H24N2O2. The van der Waals surface area contributed by atoms with E-state index in [-0.39, 0.29) is 17.5 Å². The van der Waals surface area contributed by atoms with Crippen LogP contribution in [0.5, 0.6) is 0 Å². The number of carbonyl (C=O) groups excluding carboxylic acids is 1. The minimum absolute atomic E-state index is 0.00562. The first-order valence-corrected chi connectivity index (χ1v) is 7.83. The van der Waals surface area contributed by atoms with Crippen molar-refractivity contribution in [3.8, 4) is 0 Å². The Morgan fingerprint density at radius 3 is 2.73 bits per heavy atom. The zero-order valence-electron chi connectivity index (χ0n) is 13.7. The van der Waals surface area contributed by atoms with Crippen molar-refractivity contribution in [2.75, 3.05) is 0 Å². The van der Waals surface area contributed by atoms with Gasteiger partial charge in [0.05, 0.1) is 5.52 Å². The van der Waals surface area contributed by atoms with E-state index < -0.39 is 0 Å². The van der Waals surface area contributed by atoms with Gasteiger partial charge in [0.1, 0.15) is 0 Å². The van der Waals surface area contributed by atoms with Crippen molar-refractivity contribution in [2.24, 2.45) is 0 Å². The van der Waals surface area contributed by atoms with Gasteiger partial charge in [-0.25, -0.2) is 0 Å². The Balaban J connectivity index is 2.19. The van der Waals surface area contributed by atoms with Gasteiger partial charge in [-0.3, -0.25) is 9.59 Å². The lowest BCUT2D eigenvalue weighted by molar-refractivity contribution is -0.121. The summed E-state index contributed by atoms with van der Waals surface area (Å²) in [5.74, 6) is -0.00562. The minimum Gasteiger partial charge on any atom is -0.354 e.